The van der Waals surface area contributed by atoms with Crippen molar-refractivity contribution < 1.29 is 19.4 Å². The fourth-order valence-corrected chi connectivity index (χ4v) is 5.03. The van der Waals surface area contributed by atoms with Crippen LogP contribution in [-0.4, -0.2) is 52.4 Å². The van der Waals surface area contributed by atoms with E-state index in [1.54, 1.807) is 32.3 Å². The van der Waals surface area contributed by atoms with Crippen LogP contribution in [0.25, 0.3) is 0 Å². The molecule has 266 valence electrons. The van der Waals surface area contributed by atoms with Crippen LogP contribution < -0.4 is 10.1 Å². The molecule has 0 spiro atoms. The molecule has 2 aliphatic rings. The van der Waals surface area contributed by atoms with Crippen LogP contribution in [0.5, 0.6) is 5.75 Å². The Labute approximate surface area is 281 Å². The van der Waals surface area contributed by atoms with Gasteiger partial charge in [-0.3, -0.25) is 0 Å². The standard InChI is InChI=1S/C16H26O.C14H22.C3H9N.2C2H6O.C2H6.CH2O/c1-5-7-8-9-15-10-11-16(17-13(3)4)12-14(15)6-2;1-11(2)8-12-9-13-6-4-3-5-7-14(13)10-12;1-3-4-2;1-3-2;1-2-3;2*1-2/h10-13H,5-9H2,1-4H3;4,6,11-12H,3,5,7-10H2,1-2H3;4H,3H2,1-2H3;1-2H3;3H,2H2,1H3;1-2H3;1H2. The van der Waals surface area contributed by atoms with Gasteiger partial charge in [-0.05, 0) is 133 Å². The number of aliphatic hydroxyl groups excluding tert-OH is 1. The number of rotatable bonds is 10. The third kappa shape index (κ3) is 30.5. The van der Waals surface area contributed by atoms with Crippen molar-refractivity contribution in [3.05, 3.63) is 52.6 Å². The summed E-state index contributed by atoms with van der Waals surface area (Å²) in [6.45, 7) is 24.4. The zero-order valence-corrected chi connectivity index (χ0v) is 32.2. The fraction of sp³-hybridized carbons (Fsp3) is 0.725. The van der Waals surface area contributed by atoms with Crippen LogP contribution in [-0.2, 0) is 22.4 Å². The summed E-state index contributed by atoms with van der Waals surface area (Å²) < 4.78 is 9.99. The number of carbonyl (C=O) groups excluding carboxylic acids is 1. The van der Waals surface area contributed by atoms with Gasteiger partial charge in [0.1, 0.15) is 12.5 Å². The van der Waals surface area contributed by atoms with Crippen LogP contribution in [0.15, 0.2) is 41.5 Å². The van der Waals surface area contributed by atoms with Gasteiger partial charge in [0.2, 0.25) is 0 Å². The van der Waals surface area contributed by atoms with E-state index in [1.807, 2.05) is 27.7 Å². The molecule has 0 aromatic heterocycles. The molecule has 1 unspecified atom stereocenters. The molecule has 5 nitrogen and oxygen atoms in total. The largest absolute Gasteiger partial charge is 0.491 e. The first kappa shape index (κ1) is 49.9. The Morgan fingerprint density at radius 1 is 0.978 bits per heavy atom. The molecule has 2 aliphatic carbocycles. The summed E-state index contributed by atoms with van der Waals surface area (Å²) in [5, 5.41) is 10.5. The summed E-state index contributed by atoms with van der Waals surface area (Å²) in [5.41, 5.74) is 6.41. The maximum absolute atomic E-state index is 8.00. The molecule has 45 heavy (non-hydrogen) atoms. The van der Waals surface area contributed by atoms with E-state index < -0.39 is 0 Å². The Hall–Kier alpha value is -1.95. The minimum absolute atomic E-state index is 0.250. The van der Waals surface area contributed by atoms with Gasteiger partial charge in [-0.15, -0.1) is 0 Å². The summed E-state index contributed by atoms with van der Waals surface area (Å²) in [6.07, 6.45) is 19.5. The molecule has 0 aliphatic heterocycles. The maximum Gasteiger partial charge on any atom is 0.119 e. The molecular formula is C40H77NO4. The van der Waals surface area contributed by atoms with Crippen LogP contribution in [0.2, 0.25) is 0 Å². The number of methoxy groups -OCH3 is 1. The lowest BCUT2D eigenvalue weighted by atomic mass is 9.93. The van der Waals surface area contributed by atoms with Gasteiger partial charge in [0.05, 0.1) is 6.10 Å². The highest BCUT2D eigenvalue weighted by Crippen LogP contribution is 2.39. The summed E-state index contributed by atoms with van der Waals surface area (Å²) in [7, 11) is 5.18. The van der Waals surface area contributed by atoms with Crippen LogP contribution in [0.1, 0.15) is 138 Å². The van der Waals surface area contributed by atoms with Crippen LogP contribution in [0.3, 0.4) is 0 Å². The lowest BCUT2D eigenvalue weighted by molar-refractivity contribution is -0.0980. The summed E-state index contributed by atoms with van der Waals surface area (Å²) >= 11 is 0. The summed E-state index contributed by atoms with van der Waals surface area (Å²) in [4.78, 5) is 8.00. The first-order valence-corrected chi connectivity index (χ1v) is 17.8. The predicted molar refractivity (Wildman–Crippen MR) is 201 cm³/mol. The van der Waals surface area contributed by atoms with E-state index >= 15 is 0 Å². The minimum Gasteiger partial charge on any atom is -0.491 e. The quantitative estimate of drug-likeness (QED) is 0.250. The van der Waals surface area contributed by atoms with E-state index in [0.717, 1.165) is 30.6 Å². The van der Waals surface area contributed by atoms with Gasteiger partial charge in [-0.25, -0.2) is 0 Å². The van der Waals surface area contributed by atoms with E-state index in [4.69, 9.17) is 14.6 Å². The first-order valence-electron chi connectivity index (χ1n) is 17.8. The Morgan fingerprint density at radius 2 is 1.56 bits per heavy atom. The van der Waals surface area contributed by atoms with E-state index in [1.165, 1.54) is 75.3 Å². The third-order valence-electron chi connectivity index (χ3n) is 6.80. The second-order valence-electron chi connectivity index (χ2n) is 11.7. The number of aryl methyl sites for hydroxylation is 2. The molecule has 1 aromatic carbocycles. The number of unbranched alkanes of at least 4 members (excludes halogenated alkanes) is 2. The van der Waals surface area contributed by atoms with E-state index in [2.05, 4.69) is 88.9 Å². The minimum atomic E-state index is 0.250. The van der Waals surface area contributed by atoms with Crippen LogP contribution in [0.4, 0.5) is 0 Å². The predicted octanol–water partition coefficient (Wildman–Crippen LogP) is 10.6. The average Bonchev–Trinajstić information content (AvgIpc) is 3.27. The summed E-state index contributed by atoms with van der Waals surface area (Å²) in [5.74, 6) is 2.84. The topological polar surface area (TPSA) is 67.8 Å². The number of carbonyl (C=O) groups is 1. The Bertz CT molecular complexity index is 797. The Balaban J connectivity index is -0.000000268. The van der Waals surface area contributed by atoms with Crippen molar-refractivity contribution in [3.63, 3.8) is 0 Å². The zero-order valence-electron chi connectivity index (χ0n) is 32.2. The number of benzene rings is 1. The third-order valence-corrected chi connectivity index (χ3v) is 6.80. The van der Waals surface area contributed by atoms with Crippen molar-refractivity contribution in [1.29, 1.82) is 0 Å². The second kappa shape index (κ2) is 38.2. The Morgan fingerprint density at radius 3 is 2.02 bits per heavy atom. The van der Waals surface area contributed by atoms with Gasteiger partial charge >= 0.3 is 0 Å². The van der Waals surface area contributed by atoms with Crippen molar-refractivity contribution in [2.45, 2.75) is 146 Å². The fourth-order valence-electron chi connectivity index (χ4n) is 5.03. The van der Waals surface area contributed by atoms with Crippen molar-refractivity contribution in [2.24, 2.45) is 11.8 Å². The molecule has 0 radical (unpaired) electrons. The number of nitrogens with one attached hydrogen (secondary N) is 1. The Kier molecular flexibility index (Phi) is 42.4. The van der Waals surface area contributed by atoms with Crippen molar-refractivity contribution in [1.82, 2.24) is 5.32 Å². The van der Waals surface area contributed by atoms with Crippen LogP contribution in [0, 0.1) is 11.8 Å². The highest BCUT2D eigenvalue weighted by atomic mass is 16.5. The number of hydrogen-bond acceptors (Lipinski definition) is 5. The molecule has 0 saturated heterocycles. The molecule has 0 fully saturated rings. The van der Waals surface area contributed by atoms with E-state index in [0.29, 0.717) is 0 Å². The zero-order chi connectivity index (χ0) is 35.5. The lowest BCUT2D eigenvalue weighted by Crippen LogP contribution is -2.06. The van der Waals surface area contributed by atoms with Crippen molar-refractivity contribution in [3.8, 4) is 5.75 Å². The molecule has 0 saturated carbocycles. The van der Waals surface area contributed by atoms with Gasteiger partial charge in [0.25, 0.3) is 0 Å². The lowest BCUT2D eigenvalue weighted by Gasteiger charge is -2.13. The maximum atomic E-state index is 8.00. The second-order valence-corrected chi connectivity index (χ2v) is 11.7. The highest BCUT2D eigenvalue weighted by Gasteiger charge is 2.23. The normalized spacial score (nSPS) is 14.2. The highest BCUT2D eigenvalue weighted by molar-refractivity contribution is 5.36. The molecule has 3 rings (SSSR count). The van der Waals surface area contributed by atoms with Crippen molar-refractivity contribution in [2.75, 3.05) is 34.4 Å². The monoisotopic (exact) mass is 636 g/mol. The van der Waals surface area contributed by atoms with Gasteiger partial charge in [-0.2, -0.15) is 0 Å². The van der Waals surface area contributed by atoms with Gasteiger partial charge in [0.15, 0.2) is 0 Å². The molecule has 0 heterocycles. The van der Waals surface area contributed by atoms with Gasteiger partial charge in [-0.1, -0.05) is 85.1 Å². The SMILES string of the molecule is C=O.CC.CC(C)CC1CC2=C(CCCC=C2)C1.CCCCCc1ccc(OC(C)C)cc1CC.CCNC.CCO.COC. The van der Waals surface area contributed by atoms with Gasteiger partial charge < -0.3 is 24.7 Å². The molecule has 5 heteroatoms. The number of hydrogen-bond donors (Lipinski definition) is 2. The molecule has 2 N–H and O–H groups in total. The molecule has 1 atom stereocenters. The molecular weight excluding hydrogens is 558 g/mol. The molecule has 0 bridgehead atoms. The number of allylic oxidation sites excluding steroid dienone is 4. The van der Waals surface area contributed by atoms with Crippen LogP contribution >= 0.6 is 0 Å². The molecule has 0 amide bonds. The molecule has 1 aromatic rings. The smallest absolute Gasteiger partial charge is 0.119 e. The summed E-state index contributed by atoms with van der Waals surface area (Å²) in [6, 6.07) is 6.56. The number of ether oxygens (including phenoxy) is 2. The van der Waals surface area contributed by atoms with Crippen molar-refractivity contribution >= 4 is 6.79 Å². The first-order chi connectivity index (χ1) is 21.7. The van der Waals surface area contributed by atoms with E-state index in [9.17, 15) is 0 Å². The van der Waals surface area contributed by atoms with E-state index in [-0.39, 0.29) is 12.7 Å². The van der Waals surface area contributed by atoms with Gasteiger partial charge in [0, 0.05) is 20.8 Å². The average molecular weight is 636 g/mol. The number of aliphatic hydroxyl groups is 1.